The van der Waals surface area contributed by atoms with Gasteiger partial charge < -0.3 is 14.4 Å². The molecule has 0 unspecified atom stereocenters. The molecule has 0 saturated carbocycles. The van der Waals surface area contributed by atoms with Crippen molar-refractivity contribution in [3.05, 3.63) is 46.3 Å². The maximum Gasteiger partial charge on any atom is 0.224 e. The molecule has 1 aromatic carbocycles. The zero-order chi connectivity index (χ0) is 21.4. The average molecular weight is 472 g/mol. The number of morpholine rings is 1. The summed E-state index contributed by atoms with van der Waals surface area (Å²) in [6, 6.07) is 8.07. The topological polar surface area (TPSA) is 81.6 Å². The van der Waals surface area contributed by atoms with Gasteiger partial charge >= 0.3 is 0 Å². The zero-order valence-corrected chi connectivity index (χ0v) is 18.9. The van der Waals surface area contributed by atoms with Gasteiger partial charge in [-0.05, 0) is 55.6 Å². The van der Waals surface area contributed by atoms with Crippen molar-refractivity contribution in [2.45, 2.75) is 35.4 Å². The second kappa shape index (κ2) is 8.59. The second-order valence-electron chi connectivity index (χ2n) is 7.56. The van der Waals surface area contributed by atoms with Gasteiger partial charge in [0.2, 0.25) is 5.28 Å². The zero-order valence-electron chi connectivity index (χ0n) is 16.6. The predicted octanol–water partition coefficient (Wildman–Crippen LogP) is 3.49. The minimum atomic E-state index is -3.80. The summed E-state index contributed by atoms with van der Waals surface area (Å²) in [4.78, 5) is 11.0. The number of sulfone groups is 1. The van der Waals surface area contributed by atoms with Crippen LogP contribution in [-0.2, 0) is 24.1 Å². The summed E-state index contributed by atoms with van der Waals surface area (Å²) >= 11 is 12.3. The minimum Gasteiger partial charge on any atom is -0.381 e. The van der Waals surface area contributed by atoms with Crippen molar-refractivity contribution in [1.82, 2.24) is 9.97 Å². The van der Waals surface area contributed by atoms with E-state index in [1.807, 2.05) is 6.92 Å². The number of halogens is 2. The lowest BCUT2D eigenvalue weighted by molar-refractivity contribution is 0.0729. The highest BCUT2D eigenvalue weighted by Crippen LogP contribution is 2.44. The Morgan fingerprint density at radius 2 is 1.77 bits per heavy atom. The summed E-state index contributed by atoms with van der Waals surface area (Å²) in [5.74, 6) is 0.609. The lowest BCUT2D eigenvalue weighted by atomic mass is 9.94. The molecule has 2 fully saturated rings. The highest BCUT2D eigenvalue weighted by atomic mass is 35.5. The van der Waals surface area contributed by atoms with Crippen LogP contribution in [0.2, 0.25) is 10.3 Å². The van der Waals surface area contributed by atoms with Crippen molar-refractivity contribution in [3.8, 4) is 0 Å². The molecule has 2 aliphatic heterocycles. The minimum absolute atomic E-state index is 0.0263. The van der Waals surface area contributed by atoms with Crippen LogP contribution in [-0.4, -0.2) is 57.4 Å². The van der Waals surface area contributed by atoms with Crippen LogP contribution in [0.25, 0.3) is 0 Å². The van der Waals surface area contributed by atoms with Gasteiger partial charge in [0, 0.05) is 30.8 Å². The number of hydrogen-bond donors (Lipinski definition) is 0. The molecule has 0 radical (unpaired) electrons. The quantitative estimate of drug-likeness (QED) is 0.631. The Hall–Kier alpha value is -1.45. The number of anilines is 1. The van der Waals surface area contributed by atoms with Gasteiger partial charge in [0.1, 0.15) is 10.6 Å². The fourth-order valence-electron chi connectivity index (χ4n) is 4.06. The number of nitrogens with zero attached hydrogens (tertiary/aromatic N) is 3. The predicted molar refractivity (Wildman–Crippen MR) is 115 cm³/mol. The molecule has 1 atom stereocenters. The maximum absolute atomic E-state index is 13.8. The van der Waals surface area contributed by atoms with Crippen molar-refractivity contribution in [2.75, 3.05) is 37.9 Å². The first-order chi connectivity index (χ1) is 14.3. The lowest BCUT2D eigenvalue weighted by Gasteiger charge is -2.38. The van der Waals surface area contributed by atoms with Crippen LogP contribution in [0, 0.1) is 0 Å². The van der Waals surface area contributed by atoms with E-state index in [2.05, 4.69) is 14.9 Å². The molecule has 2 aromatic rings. The van der Waals surface area contributed by atoms with Gasteiger partial charge in [-0.25, -0.2) is 18.4 Å². The van der Waals surface area contributed by atoms with Crippen LogP contribution < -0.4 is 4.90 Å². The number of hydrogen-bond acceptors (Lipinski definition) is 7. The maximum atomic E-state index is 13.8. The first-order valence-electron chi connectivity index (χ1n) is 9.81. The Balaban J connectivity index is 1.84. The molecule has 0 N–H and O–H groups in total. The fourth-order valence-corrected chi connectivity index (χ4v) is 6.39. The summed E-state index contributed by atoms with van der Waals surface area (Å²) in [5.41, 5.74) is 0.398. The molecule has 162 valence electrons. The van der Waals surface area contributed by atoms with E-state index < -0.39 is 14.6 Å². The lowest BCUT2D eigenvalue weighted by Crippen LogP contribution is -2.45. The third-order valence-electron chi connectivity index (χ3n) is 5.75. The van der Waals surface area contributed by atoms with Gasteiger partial charge in [0.05, 0.1) is 29.8 Å². The van der Waals surface area contributed by atoms with Crippen molar-refractivity contribution in [3.63, 3.8) is 0 Å². The molecule has 7 nitrogen and oxygen atoms in total. The molecule has 1 aromatic heterocycles. The first kappa shape index (κ1) is 21.8. The molecular weight excluding hydrogens is 449 g/mol. The molecule has 0 bridgehead atoms. The molecule has 0 amide bonds. The molecule has 4 rings (SSSR count). The monoisotopic (exact) mass is 471 g/mol. The van der Waals surface area contributed by atoms with Crippen LogP contribution in [0.3, 0.4) is 0 Å². The smallest absolute Gasteiger partial charge is 0.224 e. The molecular formula is C20H23Cl2N3O4S. The van der Waals surface area contributed by atoms with Gasteiger partial charge in [0.15, 0.2) is 9.84 Å². The fraction of sp³-hybridized carbons (Fsp3) is 0.500. The molecule has 3 heterocycles. The number of aromatic nitrogens is 2. The number of rotatable bonds is 4. The van der Waals surface area contributed by atoms with Gasteiger partial charge in [-0.1, -0.05) is 11.6 Å². The van der Waals surface area contributed by atoms with E-state index in [1.165, 1.54) is 12.1 Å². The van der Waals surface area contributed by atoms with Gasteiger partial charge in [0.25, 0.3) is 0 Å². The third kappa shape index (κ3) is 3.91. The molecule has 2 saturated heterocycles. The van der Waals surface area contributed by atoms with E-state index in [0.717, 1.165) is 0 Å². The summed E-state index contributed by atoms with van der Waals surface area (Å²) < 4.78 is 37.5. The van der Waals surface area contributed by atoms with Gasteiger partial charge in [-0.2, -0.15) is 0 Å². The van der Waals surface area contributed by atoms with E-state index in [4.69, 9.17) is 32.7 Å². The van der Waals surface area contributed by atoms with E-state index in [-0.39, 0.29) is 29.1 Å². The highest BCUT2D eigenvalue weighted by molar-refractivity contribution is 7.92. The highest BCUT2D eigenvalue weighted by Gasteiger charge is 2.49. The van der Waals surface area contributed by atoms with Crippen LogP contribution in [0.5, 0.6) is 0 Å². The Kier molecular flexibility index (Phi) is 6.23. The van der Waals surface area contributed by atoms with E-state index in [0.29, 0.717) is 49.5 Å². The number of benzene rings is 1. The third-order valence-corrected chi connectivity index (χ3v) is 8.71. The Labute approximate surface area is 186 Å². The Bertz CT molecular complexity index is 1010. The summed E-state index contributed by atoms with van der Waals surface area (Å²) in [6.07, 6.45) is 0.562. The normalized spacial score (nSPS) is 22.1. The summed E-state index contributed by atoms with van der Waals surface area (Å²) in [5, 5.41) is 0.502. The Morgan fingerprint density at radius 1 is 1.07 bits per heavy atom. The van der Waals surface area contributed by atoms with Gasteiger partial charge in [-0.3, -0.25) is 0 Å². The van der Waals surface area contributed by atoms with Crippen LogP contribution in [0.1, 0.15) is 25.5 Å². The van der Waals surface area contributed by atoms with Crippen LogP contribution in [0.15, 0.2) is 35.2 Å². The van der Waals surface area contributed by atoms with E-state index in [9.17, 15) is 8.42 Å². The van der Waals surface area contributed by atoms with Crippen LogP contribution >= 0.6 is 23.2 Å². The Morgan fingerprint density at radius 3 is 2.43 bits per heavy atom. The molecule has 0 spiro atoms. The molecule has 30 heavy (non-hydrogen) atoms. The number of ether oxygens (including phenoxy) is 2. The second-order valence-corrected chi connectivity index (χ2v) is 10.6. The van der Waals surface area contributed by atoms with Crippen molar-refractivity contribution >= 4 is 38.9 Å². The van der Waals surface area contributed by atoms with Crippen molar-refractivity contribution in [1.29, 1.82) is 0 Å². The van der Waals surface area contributed by atoms with Crippen molar-refractivity contribution in [2.24, 2.45) is 0 Å². The van der Waals surface area contributed by atoms with Crippen molar-refractivity contribution < 1.29 is 17.9 Å². The van der Waals surface area contributed by atoms with E-state index in [1.54, 1.807) is 18.2 Å². The molecule has 2 aliphatic rings. The van der Waals surface area contributed by atoms with E-state index >= 15 is 0 Å². The standard InChI is InChI=1S/C20H23Cl2N3O4S/c1-14-13-29-11-8-25(14)18-12-17(23-19(22)24-18)20(6-9-28-10-7-20)30(26,27)16-4-2-15(21)3-5-16/h2-5,12,14H,6-11,13H2,1H3/t14-/m0/s1. The summed E-state index contributed by atoms with van der Waals surface area (Å²) in [7, 11) is -3.80. The molecule has 0 aliphatic carbocycles. The summed E-state index contributed by atoms with van der Waals surface area (Å²) in [6.45, 7) is 4.45. The largest absolute Gasteiger partial charge is 0.381 e. The average Bonchev–Trinajstić information content (AvgIpc) is 2.74. The van der Waals surface area contributed by atoms with Crippen LogP contribution in [0.4, 0.5) is 5.82 Å². The SMILES string of the molecule is C[C@H]1COCCN1c1cc(C2(S(=O)(=O)c3ccc(Cl)cc3)CCOCC2)nc(Cl)n1. The van der Waals surface area contributed by atoms with Gasteiger partial charge in [-0.15, -0.1) is 0 Å². The first-order valence-corrected chi connectivity index (χ1v) is 12.0. The molecule has 10 heteroatoms.